The highest BCUT2D eigenvalue weighted by Gasteiger charge is 2.27. The number of nitrogens with zero attached hydrogens (tertiary/aromatic N) is 2. The third-order valence-electron chi connectivity index (χ3n) is 3.43. The summed E-state index contributed by atoms with van der Waals surface area (Å²) in [5.74, 6) is -0.0246. The van der Waals surface area contributed by atoms with Gasteiger partial charge in [0.15, 0.2) is 0 Å². The van der Waals surface area contributed by atoms with Gasteiger partial charge in [-0.25, -0.2) is 8.42 Å². The zero-order chi connectivity index (χ0) is 15.6. The number of carbonyl (C=O) groups excluding carboxylic acids is 1. The van der Waals surface area contributed by atoms with Crippen molar-refractivity contribution in [2.24, 2.45) is 0 Å². The molecule has 5 nitrogen and oxygen atoms in total. The molecule has 0 bridgehead atoms. The van der Waals surface area contributed by atoms with Crippen LogP contribution in [0.25, 0.3) is 0 Å². The average Bonchev–Trinajstić information content (AvgIpc) is 2.68. The molecule has 0 atom stereocenters. The van der Waals surface area contributed by atoms with Gasteiger partial charge in [0.05, 0.1) is 9.92 Å². The fraction of sp³-hybridized carbons (Fsp3) is 0.462. The van der Waals surface area contributed by atoms with E-state index in [-0.39, 0.29) is 10.8 Å². The Balaban J connectivity index is 2.23. The smallest absolute Gasteiger partial charge is 0.243 e. The van der Waals surface area contributed by atoms with E-state index >= 15 is 0 Å². The van der Waals surface area contributed by atoms with E-state index < -0.39 is 10.0 Å². The maximum Gasteiger partial charge on any atom is 0.243 e. The van der Waals surface area contributed by atoms with E-state index in [0.29, 0.717) is 42.1 Å². The standard InChI is InChI=1S/C13H16BrClN2O3S/c1-10(18)16-5-2-6-17(8-7-16)21(19,20)11-3-4-13(15)12(14)9-11/h3-4,9H,2,5-8H2,1H3. The number of rotatable bonds is 2. The Hall–Kier alpha value is -0.630. The van der Waals surface area contributed by atoms with Gasteiger partial charge in [-0.2, -0.15) is 4.31 Å². The van der Waals surface area contributed by atoms with E-state index in [0.717, 1.165) is 0 Å². The second-order valence-electron chi connectivity index (χ2n) is 4.84. The number of halogens is 2. The quantitative estimate of drug-likeness (QED) is 0.772. The van der Waals surface area contributed by atoms with Crippen molar-refractivity contribution in [2.45, 2.75) is 18.2 Å². The first-order chi connectivity index (χ1) is 9.82. The van der Waals surface area contributed by atoms with Crippen LogP contribution in [-0.2, 0) is 14.8 Å². The maximum atomic E-state index is 12.6. The predicted molar refractivity (Wildman–Crippen MR) is 84.8 cm³/mol. The molecule has 0 aliphatic carbocycles. The van der Waals surface area contributed by atoms with Crippen molar-refractivity contribution in [3.63, 3.8) is 0 Å². The zero-order valence-corrected chi connectivity index (χ0v) is 14.7. The van der Waals surface area contributed by atoms with Crippen LogP contribution in [0.1, 0.15) is 13.3 Å². The predicted octanol–water partition coefficient (Wildman–Crippen LogP) is 2.35. The molecule has 0 aromatic heterocycles. The fourth-order valence-electron chi connectivity index (χ4n) is 2.24. The molecule has 1 aromatic rings. The van der Waals surface area contributed by atoms with Crippen LogP contribution in [0, 0.1) is 0 Å². The molecule has 1 saturated heterocycles. The van der Waals surface area contributed by atoms with Gasteiger partial charge in [0.2, 0.25) is 15.9 Å². The molecule has 21 heavy (non-hydrogen) atoms. The molecule has 0 radical (unpaired) electrons. The number of carbonyl (C=O) groups is 1. The lowest BCUT2D eigenvalue weighted by Crippen LogP contribution is -2.36. The molecule has 0 spiro atoms. The summed E-state index contributed by atoms with van der Waals surface area (Å²) >= 11 is 9.14. The second kappa shape index (κ2) is 6.64. The Bertz CT molecular complexity index is 651. The Morgan fingerprint density at radius 2 is 1.95 bits per heavy atom. The van der Waals surface area contributed by atoms with Gasteiger partial charge in [0, 0.05) is 37.6 Å². The van der Waals surface area contributed by atoms with Crippen molar-refractivity contribution in [2.75, 3.05) is 26.2 Å². The normalized spacial score (nSPS) is 17.6. The number of hydrogen-bond acceptors (Lipinski definition) is 3. The van der Waals surface area contributed by atoms with Crippen molar-refractivity contribution >= 4 is 43.5 Å². The van der Waals surface area contributed by atoms with Crippen LogP contribution in [0.2, 0.25) is 5.02 Å². The molecular formula is C13H16BrClN2O3S. The van der Waals surface area contributed by atoms with Crippen LogP contribution in [0.5, 0.6) is 0 Å². The van der Waals surface area contributed by atoms with Crippen molar-refractivity contribution in [3.8, 4) is 0 Å². The Labute approximate surface area is 138 Å². The first-order valence-corrected chi connectivity index (χ1v) is 9.14. The summed E-state index contributed by atoms with van der Waals surface area (Å²) in [4.78, 5) is 13.3. The lowest BCUT2D eigenvalue weighted by atomic mass is 10.4. The van der Waals surface area contributed by atoms with Crippen molar-refractivity contribution < 1.29 is 13.2 Å². The highest BCUT2D eigenvalue weighted by molar-refractivity contribution is 9.10. The van der Waals surface area contributed by atoms with E-state index in [2.05, 4.69) is 15.9 Å². The Kier molecular flexibility index (Phi) is 5.29. The highest BCUT2D eigenvalue weighted by atomic mass is 79.9. The van der Waals surface area contributed by atoms with Gasteiger partial charge in [0.1, 0.15) is 0 Å². The van der Waals surface area contributed by atoms with Crippen molar-refractivity contribution in [1.29, 1.82) is 0 Å². The summed E-state index contributed by atoms with van der Waals surface area (Å²) in [6.45, 7) is 3.23. The van der Waals surface area contributed by atoms with E-state index in [1.807, 2.05) is 0 Å². The molecule has 1 amide bonds. The van der Waals surface area contributed by atoms with Crippen LogP contribution in [-0.4, -0.2) is 49.7 Å². The van der Waals surface area contributed by atoms with Crippen LogP contribution in [0.3, 0.4) is 0 Å². The minimum atomic E-state index is -3.57. The van der Waals surface area contributed by atoms with E-state index in [1.165, 1.54) is 23.4 Å². The van der Waals surface area contributed by atoms with Gasteiger partial charge in [-0.3, -0.25) is 4.79 Å². The van der Waals surface area contributed by atoms with E-state index in [9.17, 15) is 13.2 Å². The van der Waals surface area contributed by atoms with Crippen LogP contribution < -0.4 is 0 Å². The van der Waals surface area contributed by atoms with Crippen LogP contribution in [0.4, 0.5) is 0 Å². The molecule has 1 fully saturated rings. The lowest BCUT2D eigenvalue weighted by Gasteiger charge is -2.21. The summed E-state index contributed by atoms with van der Waals surface area (Å²) in [5, 5.41) is 0.465. The van der Waals surface area contributed by atoms with Gasteiger partial charge in [0.25, 0.3) is 0 Å². The first-order valence-electron chi connectivity index (χ1n) is 6.53. The molecular weight excluding hydrogens is 380 g/mol. The zero-order valence-electron chi connectivity index (χ0n) is 11.6. The maximum absolute atomic E-state index is 12.6. The van der Waals surface area contributed by atoms with Gasteiger partial charge in [-0.1, -0.05) is 11.6 Å². The molecule has 0 N–H and O–H groups in total. The molecule has 8 heteroatoms. The number of hydrogen-bond donors (Lipinski definition) is 0. The summed E-state index contributed by atoms with van der Waals surface area (Å²) in [7, 11) is -3.57. The van der Waals surface area contributed by atoms with Crippen molar-refractivity contribution in [1.82, 2.24) is 9.21 Å². The molecule has 0 unspecified atom stereocenters. The molecule has 0 saturated carbocycles. The topological polar surface area (TPSA) is 57.7 Å². The minimum absolute atomic E-state index is 0.0246. The number of benzene rings is 1. The monoisotopic (exact) mass is 394 g/mol. The molecule has 1 aliphatic rings. The molecule has 1 heterocycles. The third kappa shape index (κ3) is 3.77. The van der Waals surface area contributed by atoms with Crippen molar-refractivity contribution in [3.05, 3.63) is 27.7 Å². The summed E-state index contributed by atoms with van der Waals surface area (Å²) < 4.78 is 27.2. The Morgan fingerprint density at radius 1 is 1.24 bits per heavy atom. The first kappa shape index (κ1) is 16.7. The molecule has 1 aromatic carbocycles. The van der Waals surface area contributed by atoms with Gasteiger partial charge in [-0.15, -0.1) is 0 Å². The summed E-state index contributed by atoms with van der Waals surface area (Å²) in [6, 6.07) is 4.56. The number of amides is 1. The van der Waals surface area contributed by atoms with Crippen LogP contribution in [0.15, 0.2) is 27.6 Å². The molecule has 116 valence electrons. The number of sulfonamides is 1. The minimum Gasteiger partial charge on any atom is -0.342 e. The van der Waals surface area contributed by atoms with Crippen LogP contribution >= 0.6 is 27.5 Å². The lowest BCUT2D eigenvalue weighted by molar-refractivity contribution is -0.128. The summed E-state index contributed by atoms with van der Waals surface area (Å²) in [5.41, 5.74) is 0. The van der Waals surface area contributed by atoms with E-state index in [4.69, 9.17) is 11.6 Å². The Morgan fingerprint density at radius 3 is 2.57 bits per heavy atom. The van der Waals surface area contributed by atoms with Gasteiger partial charge in [-0.05, 0) is 40.5 Å². The fourth-order valence-corrected chi connectivity index (χ4v) is 4.38. The third-order valence-corrected chi connectivity index (χ3v) is 6.54. The molecule has 2 rings (SSSR count). The SMILES string of the molecule is CC(=O)N1CCCN(S(=O)(=O)c2ccc(Cl)c(Br)c2)CC1. The highest BCUT2D eigenvalue weighted by Crippen LogP contribution is 2.27. The largest absolute Gasteiger partial charge is 0.342 e. The van der Waals surface area contributed by atoms with Gasteiger partial charge < -0.3 is 4.90 Å². The second-order valence-corrected chi connectivity index (χ2v) is 8.04. The van der Waals surface area contributed by atoms with Gasteiger partial charge >= 0.3 is 0 Å². The summed E-state index contributed by atoms with van der Waals surface area (Å²) in [6.07, 6.45) is 0.633. The average molecular weight is 396 g/mol. The molecule has 1 aliphatic heterocycles. The van der Waals surface area contributed by atoms with E-state index in [1.54, 1.807) is 11.0 Å².